The summed E-state index contributed by atoms with van der Waals surface area (Å²) >= 11 is 7.02. The van der Waals surface area contributed by atoms with Gasteiger partial charge in [0.05, 0.1) is 10.3 Å². The lowest BCUT2D eigenvalue weighted by Crippen LogP contribution is -1.81. The molecule has 0 atom stereocenters. The molecule has 0 saturated carbocycles. The first-order chi connectivity index (χ1) is 5.81. The maximum Gasteiger partial charge on any atom is 0.223 e. The Morgan fingerprint density at radius 2 is 2.42 bits per heavy atom. The molecule has 5 heteroatoms. The van der Waals surface area contributed by atoms with Gasteiger partial charge in [0.2, 0.25) is 5.28 Å². The van der Waals surface area contributed by atoms with E-state index < -0.39 is 0 Å². The van der Waals surface area contributed by atoms with E-state index in [1.54, 1.807) is 11.6 Å². The van der Waals surface area contributed by atoms with Crippen molar-refractivity contribution >= 4 is 33.2 Å². The molecule has 2 rings (SSSR count). The van der Waals surface area contributed by atoms with Gasteiger partial charge in [0.15, 0.2) is 0 Å². The largest absolute Gasteiger partial charge is 0.225 e. The number of nitrogens with zero attached hydrogens (tertiary/aromatic N) is 3. The zero-order chi connectivity index (χ0) is 8.55. The fraction of sp³-hybridized carbons (Fsp3) is 0. The molecule has 58 valence electrons. The van der Waals surface area contributed by atoms with Gasteiger partial charge >= 0.3 is 0 Å². The van der Waals surface area contributed by atoms with E-state index in [-0.39, 0.29) is 5.28 Å². The molecule has 0 fully saturated rings. The molecule has 0 aromatic carbocycles. The van der Waals surface area contributed by atoms with Crippen LogP contribution in [0.4, 0.5) is 0 Å². The normalized spacial score (nSPS) is 10.0. The Morgan fingerprint density at radius 3 is 3.17 bits per heavy atom. The van der Waals surface area contributed by atoms with E-state index in [0.717, 1.165) is 4.70 Å². The molecular formula is C7H2ClN3S. The van der Waals surface area contributed by atoms with Crippen molar-refractivity contribution < 1.29 is 0 Å². The molecule has 3 nitrogen and oxygen atoms in total. The van der Waals surface area contributed by atoms with Crippen molar-refractivity contribution in [2.45, 2.75) is 0 Å². The van der Waals surface area contributed by atoms with Crippen LogP contribution in [0.5, 0.6) is 0 Å². The van der Waals surface area contributed by atoms with Crippen LogP contribution in [0.15, 0.2) is 11.6 Å². The van der Waals surface area contributed by atoms with Crippen molar-refractivity contribution in [3.63, 3.8) is 0 Å². The Morgan fingerprint density at radius 1 is 1.58 bits per heavy atom. The van der Waals surface area contributed by atoms with E-state index in [4.69, 9.17) is 16.9 Å². The number of rotatable bonds is 0. The third kappa shape index (κ3) is 1.04. The summed E-state index contributed by atoms with van der Waals surface area (Å²) in [5.74, 6) is 0. The highest BCUT2D eigenvalue weighted by Crippen LogP contribution is 2.23. The molecular weight excluding hydrogens is 194 g/mol. The van der Waals surface area contributed by atoms with Crippen molar-refractivity contribution in [1.29, 1.82) is 5.26 Å². The Bertz CT molecular complexity index is 471. The van der Waals surface area contributed by atoms with E-state index in [9.17, 15) is 0 Å². The summed E-state index contributed by atoms with van der Waals surface area (Å²) in [6.07, 6.45) is 1.62. The van der Waals surface area contributed by atoms with Crippen molar-refractivity contribution in [1.82, 2.24) is 9.97 Å². The van der Waals surface area contributed by atoms with Crippen LogP contribution < -0.4 is 0 Å². The van der Waals surface area contributed by atoms with Gasteiger partial charge in [-0.25, -0.2) is 9.97 Å². The molecule has 0 aliphatic heterocycles. The second kappa shape index (κ2) is 2.70. The van der Waals surface area contributed by atoms with Gasteiger partial charge in [-0.2, -0.15) is 5.26 Å². The van der Waals surface area contributed by atoms with Gasteiger partial charge in [0.25, 0.3) is 0 Å². The van der Waals surface area contributed by atoms with E-state index in [1.165, 1.54) is 11.3 Å². The maximum absolute atomic E-state index is 8.67. The molecule has 0 aliphatic rings. The highest BCUT2D eigenvalue weighted by Gasteiger charge is 2.05. The van der Waals surface area contributed by atoms with Gasteiger partial charge in [-0.05, 0) is 11.6 Å². The van der Waals surface area contributed by atoms with Gasteiger partial charge in [0.1, 0.15) is 11.6 Å². The number of nitriles is 1. The topological polar surface area (TPSA) is 49.6 Å². The molecule has 12 heavy (non-hydrogen) atoms. The van der Waals surface area contributed by atoms with E-state index in [0.29, 0.717) is 11.1 Å². The van der Waals surface area contributed by atoms with Crippen LogP contribution in [-0.4, -0.2) is 9.97 Å². The Kier molecular flexibility index (Phi) is 1.68. The van der Waals surface area contributed by atoms with Crippen LogP contribution in [0.3, 0.4) is 0 Å². The standard InChI is InChI=1S/C7H2ClN3S/c8-7-10-2-5-6(11-7)4(1-9)3-12-5/h2-3H. The van der Waals surface area contributed by atoms with E-state index >= 15 is 0 Å². The summed E-state index contributed by atoms with van der Waals surface area (Å²) in [5.41, 5.74) is 1.20. The van der Waals surface area contributed by atoms with Crippen LogP contribution in [0.2, 0.25) is 5.28 Å². The van der Waals surface area contributed by atoms with Crippen LogP contribution in [0.1, 0.15) is 5.56 Å². The van der Waals surface area contributed by atoms with Crippen molar-refractivity contribution in [3.8, 4) is 6.07 Å². The Labute approximate surface area is 77.3 Å². The third-order valence-corrected chi connectivity index (χ3v) is 2.49. The van der Waals surface area contributed by atoms with Gasteiger partial charge in [-0.3, -0.25) is 0 Å². The van der Waals surface area contributed by atoms with E-state index in [2.05, 4.69) is 9.97 Å². The number of hydrogen-bond donors (Lipinski definition) is 0. The summed E-state index contributed by atoms with van der Waals surface area (Å²) in [4.78, 5) is 7.76. The third-order valence-electron chi connectivity index (χ3n) is 1.41. The molecule has 0 aliphatic carbocycles. The monoisotopic (exact) mass is 195 g/mol. The fourth-order valence-electron chi connectivity index (χ4n) is 0.886. The van der Waals surface area contributed by atoms with Crippen molar-refractivity contribution in [2.24, 2.45) is 0 Å². The van der Waals surface area contributed by atoms with Crippen LogP contribution in [-0.2, 0) is 0 Å². The smallest absolute Gasteiger partial charge is 0.223 e. The second-order valence-corrected chi connectivity index (χ2v) is 3.36. The molecule has 0 saturated heterocycles. The number of halogens is 1. The summed E-state index contributed by atoms with van der Waals surface area (Å²) in [6, 6.07) is 2.04. The molecule has 0 amide bonds. The molecule has 2 aromatic rings. The average molecular weight is 196 g/mol. The Hall–Kier alpha value is -1.18. The summed E-state index contributed by atoms with van der Waals surface area (Å²) in [7, 11) is 0. The number of fused-ring (bicyclic) bond motifs is 1. The zero-order valence-electron chi connectivity index (χ0n) is 5.78. The first-order valence-electron chi connectivity index (χ1n) is 3.11. The zero-order valence-corrected chi connectivity index (χ0v) is 7.35. The van der Waals surface area contributed by atoms with Crippen molar-refractivity contribution in [3.05, 3.63) is 22.4 Å². The second-order valence-electron chi connectivity index (χ2n) is 2.11. The highest BCUT2D eigenvalue weighted by molar-refractivity contribution is 7.17. The van der Waals surface area contributed by atoms with Crippen molar-refractivity contribution in [2.75, 3.05) is 0 Å². The minimum Gasteiger partial charge on any atom is -0.225 e. The van der Waals surface area contributed by atoms with Gasteiger partial charge in [-0.1, -0.05) is 0 Å². The lowest BCUT2D eigenvalue weighted by molar-refractivity contribution is 1.23. The molecule has 2 heterocycles. The lowest BCUT2D eigenvalue weighted by atomic mass is 10.3. The van der Waals surface area contributed by atoms with Gasteiger partial charge in [0, 0.05) is 11.6 Å². The fourth-order valence-corrected chi connectivity index (χ4v) is 1.81. The predicted octanol–water partition coefficient (Wildman–Crippen LogP) is 2.22. The first kappa shape index (κ1) is 7.47. The average Bonchev–Trinajstić information content (AvgIpc) is 2.46. The summed E-state index contributed by atoms with van der Waals surface area (Å²) in [5, 5.41) is 10.6. The van der Waals surface area contributed by atoms with E-state index in [1.807, 2.05) is 6.07 Å². The lowest BCUT2D eigenvalue weighted by Gasteiger charge is -1.88. The SMILES string of the molecule is N#Cc1csc2cnc(Cl)nc12. The Balaban J connectivity index is 2.86. The van der Waals surface area contributed by atoms with Crippen LogP contribution in [0, 0.1) is 11.3 Å². The number of aromatic nitrogens is 2. The van der Waals surface area contributed by atoms with Gasteiger partial charge < -0.3 is 0 Å². The predicted molar refractivity (Wildman–Crippen MR) is 47.1 cm³/mol. The van der Waals surface area contributed by atoms with Crippen LogP contribution in [0.25, 0.3) is 10.2 Å². The first-order valence-corrected chi connectivity index (χ1v) is 4.37. The molecule has 0 spiro atoms. The highest BCUT2D eigenvalue weighted by atomic mass is 35.5. The van der Waals surface area contributed by atoms with Gasteiger partial charge in [-0.15, -0.1) is 11.3 Å². The van der Waals surface area contributed by atoms with Crippen LogP contribution >= 0.6 is 22.9 Å². The molecule has 0 N–H and O–H groups in total. The number of hydrogen-bond acceptors (Lipinski definition) is 4. The minimum atomic E-state index is 0.178. The quantitative estimate of drug-likeness (QED) is 0.606. The minimum absolute atomic E-state index is 0.178. The summed E-state index contributed by atoms with van der Waals surface area (Å²) < 4.78 is 0.885. The molecule has 0 radical (unpaired) electrons. The molecule has 0 unspecified atom stereocenters. The molecule has 2 aromatic heterocycles. The summed E-state index contributed by atoms with van der Waals surface area (Å²) in [6.45, 7) is 0. The maximum atomic E-state index is 8.67. The number of thiophene rings is 1. The molecule has 0 bridgehead atoms.